The maximum atomic E-state index is 11.6. The van der Waals surface area contributed by atoms with E-state index >= 15 is 0 Å². The Hall–Kier alpha value is -2.21. The Morgan fingerprint density at radius 1 is 1.42 bits per heavy atom. The van der Waals surface area contributed by atoms with E-state index in [0.717, 1.165) is 4.47 Å². The fraction of sp³-hybridized carbons (Fsp3) is 0. The summed E-state index contributed by atoms with van der Waals surface area (Å²) in [4.78, 5) is 15.5. The van der Waals surface area contributed by atoms with Crippen molar-refractivity contribution in [2.24, 2.45) is 5.10 Å². The van der Waals surface area contributed by atoms with Crippen molar-refractivity contribution in [3.05, 3.63) is 58.3 Å². The Morgan fingerprint density at radius 2 is 2.26 bits per heavy atom. The third kappa shape index (κ3) is 3.62. The van der Waals surface area contributed by atoms with Gasteiger partial charge in [0.05, 0.1) is 11.8 Å². The molecule has 19 heavy (non-hydrogen) atoms. The molecule has 0 aliphatic carbocycles. The number of nitrogens with zero attached hydrogens (tertiary/aromatic N) is 2. The van der Waals surface area contributed by atoms with Gasteiger partial charge in [0.15, 0.2) is 0 Å². The predicted molar refractivity (Wildman–Crippen MR) is 75.1 cm³/mol. The van der Waals surface area contributed by atoms with E-state index in [1.54, 1.807) is 36.5 Å². The standard InChI is InChI=1S/C13H10BrN3O2/c14-11-4-3-9(12(18)6-11)8-16-17-13(19)10-2-1-5-15-7-10/h1-8,18H,(H,17,19). The maximum Gasteiger partial charge on any atom is 0.272 e. The van der Waals surface area contributed by atoms with Crippen molar-refractivity contribution in [3.63, 3.8) is 0 Å². The Morgan fingerprint density at radius 3 is 2.95 bits per heavy atom. The van der Waals surface area contributed by atoms with Gasteiger partial charge in [-0.1, -0.05) is 15.9 Å². The molecule has 0 bridgehead atoms. The van der Waals surface area contributed by atoms with Crippen molar-refractivity contribution in [3.8, 4) is 5.75 Å². The van der Waals surface area contributed by atoms with Gasteiger partial charge >= 0.3 is 0 Å². The van der Waals surface area contributed by atoms with Crippen LogP contribution < -0.4 is 5.43 Å². The van der Waals surface area contributed by atoms with Crippen LogP contribution in [0, 0.1) is 0 Å². The third-order valence-electron chi connectivity index (χ3n) is 2.29. The molecular formula is C13H10BrN3O2. The van der Waals surface area contributed by atoms with E-state index in [9.17, 15) is 9.90 Å². The number of benzene rings is 1. The number of nitrogens with one attached hydrogen (secondary N) is 1. The first-order valence-electron chi connectivity index (χ1n) is 5.39. The second-order valence-corrected chi connectivity index (χ2v) is 4.56. The number of rotatable bonds is 3. The minimum atomic E-state index is -0.360. The summed E-state index contributed by atoms with van der Waals surface area (Å²) in [5.74, 6) is -0.283. The van der Waals surface area contributed by atoms with Gasteiger partial charge in [0.2, 0.25) is 0 Å². The molecule has 5 nitrogen and oxygen atoms in total. The van der Waals surface area contributed by atoms with Gasteiger partial charge in [0, 0.05) is 22.4 Å². The number of pyridine rings is 1. The predicted octanol–water partition coefficient (Wildman–Crippen LogP) is 2.31. The van der Waals surface area contributed by atoms with Gasteiger partial charge in [-0.2, -0.15) is 5.10 Å². The largest absolute Gasteiger partial charge is 0.507 e. The molecule has 2 rings (SSSR count). The number of hydrazone groups is 1. The lowest BCUT2D eigenvalue weighted by atomic mass is 10.2. The average molecular weight is 320 g/mol. The summed E-state index contributed by atoms with van der Waals surface area (Å²) in [5.41, 5.74) is 3.28. The molecule has 1 aromatic heterocycles. The maximum absolute atomic E-state index is 11.6. The molecular weight excluding hydrogens is 310 g/mol. The Bertz CT molecular complexity index is 615. The van der Waals surface area contributed by atoms with E-state index < -0.39 is 0 Å². The zero-order valence-corrected chi connectivity index (χ0v) is 11.3. The van der Waals surface area contributed by atoms with Crippen LogP contribution in [-0.4, -0.2) is 22.2 Å². The van der Waals surface area contributed by atoms with E-state index in [4.69, 9.17) is 0 Å². The molecule has 1 aromatic carbocycles. The number of amides is 1. The number of aromatic hydroxyl groups is 1. The SMILES string of the molecule is O=C(NN=Cc1ccc(Br)cc1O)c1cccnc1. The minimum Gasteiger partial charge on any atom is -0.507 e. The lowest BCUT2D eigenvalue weighted by molar-refractivity contribution is 0.0954. The summed E-state index contributed by atoms with van der Waals surface area (Å²) in [6.07, 6.45) is 4.40. The molecule has 0 fully saturated rings. The monoisotopic (exact) mass is 319 g/mol. The normalized spacial score (nSPS) is 10.6. The molecule has 6 heteroatoms. The summed E-state index contributed by atoms with van der Waals surface area (Å²) in [6.45, 7) is 0. The smallest absolute Gasteiger partial charge is 0.272 e. The number of phenolic OH excluding ortho intramolecular Hbond substituents is 1. The van der Waals surface area contributed by atoms with Crippen molar-refractivity contribution in [2.45, 2.75) is 0 Å². The highest BCUT2D eigenvalue weighted by Gasteiger charge is 2.03. The van der Waals surface area contributed by atoms with Crippen LogP contribution >= 0.6 is 15.9 Å². The molecule has 0 spiro atoms. The van der Waals surface area contributed by atoms with Crippen molar-refractivity contribution in [2.75, 3.05) is 0 Å². The molecule has 0 atom stereocenters. The Labute approximate surface area is 118 Å². The quantitative estimate of drug-likeness (QED) is 0.673. The summed E-state index contributed by atoms with van der Waals surface area (Å²) in [6, 6.07) is 8.29. The first-order chi connectivity index (χ1) is 9.16. The fourth-order valence-electron chi connectivity index (χ4n) is 1.35. The molecule has 0 radical (unpaired) electrons. The van der Waals surface area contributed by atoms with Crippen molar-refractivity contribution in [1.29, 1.82) is 0 Å². The lowest BCUT2D eigenvalue weighted by Crippen LogP contribution is -2.17. The van der Waals surface area contributed by atoms with E-state index in [2.05, 4.69) is 31.4 Å². The Kier molecular flexibility index (Phi) is 4.25. The van der Waals surface area contributed by atoms with Crippen molar-refractivity contribution < 1.29 is 9.90 Å². The highest BCUT2D eigenvalue weighted by atomic mass is 79.9. The highest BCUT2D eigenvalue weighted by Crippen LogP contribution is 2.20. The molecule has 2 N–H and O–H groups in total. The van der Waals surface area contributed by atoms with Crippen LogP contribution in [0.1, 0.15) is 15.9 Å². The van der Waals surface area contributed by atoms with E-state index in [0.29, 0.717) is 11.1 Å². The second-order valence-electron chi connectivity index (χ2n) is 3.64. The number of carbonyl (C=O) groups excluding carboxylic acids is 1. The lowest BCUT2D eigenvalue weighted by Gasteiger charge is -2.00. The number of halogens is 1. The highest BCUT2D eigenvalue weighted by molar-refractivity contribution is 9.10. The summed E-state index contributed by atoms with van der Waals surface area (Å²) >= 11 is 3.24. The average Bonchev–Trinajstić information content (AvgIpc) is 2.42. The molecule has 0 aliphatic heterocycles. The summed E-state index contributed by atoms with van der Waals surface area (Å²) < 4.78 is 0.765. The second kappa shape index (κ2) is 6.10. The summed E-state index contributed by atoms with van der Waals surface area (Å²) in [7, 11) is 0. The van der Waals surface area contributed by atoms with Crippen LogP contribution in [0.5, 0.6) is 5.75 Å². The molecule has 96 valence electrons. The van der Waals surface area contributed by atoms with Crippen LogP contribution in [0.3, 0.4) is 0 Å². The first kappa shape index (κ1) is 13.2. The van der Waals surface area contributed by atoms with Gasteiger partial charge in [0.1, 0.15) is 5.75 Å². The third-order valence-corrected chi connectivity index (χ3v) is 2.78. The number of aromatic nitrogens is 1. The number of carbonyl (C=O) groups is 1. The van der Waals surface area contributed by atoms with Gasteiger partial charge in [0.25, 0.3) is 5.91 Å². The van der Waals surface area contributed by atoms with E-state index in [1.165, 1.54) is 12.4 Å². The van der Waals surface area contributed by atoms with Gasteiger partial charge in [-0.15, -0.1) is 0 Å². The van der Waals surface area contributed by atoms with Gasteiger partial charge in [-0.3, -0.25) is 9.78 Å². The van der Waals surface area contributed by atoms with Crippen LogP contribution in [0.25, 0.3) is 0 Å². The molecule has 1 heterocycles. The van der Waals surface area contributed by atoms with Gasteiger partial charge in [-0.25, -0.2) is 5.43 Å². The van der Waals surface area contributed by atoms with Gasteiger partial charge < -0.3 is 5.11 Å². The molecule has 1 amide bonds. The molecule has 0 unspecified atom stereocenters. The van der Waals surface area contributed by atoms with E-state index in [-0.39, 0.29) is 11.7 Å². The molecule has 0 saturated heterocycles. The van der Waals surface area contributed by atoms with Gasteiger partial charge in [-0.05, 0) is 30.3 Å². The zero-order valence-electron chi connectivity index (χ0n) is 9.75. The number of hydrogen-bond donors (Lipinski definition) is 2. The Balaban J connectivity index is 2.02. The number of hydrogen-bond acceptors (Lipinski definition) is 4. The van der Waals surface area contributed by atoms with Crippen molar-refractivity contribution in [1.82, 2.24) is 10.4 Å². The number of phenols is 1. The van der Waals surface area contributed by atoms with Crippen LogP contribution in [0.15, 0.2) is 52.3 Å². The van der Waals surface area contributed by atoms with Crippen LogP contribution in [0.2, 0.25) is 0 Å². The van der Waals surface area contributed by atoms with Crippen LogP contribution in [0.4, 0.5) is 0 Å². The van der Waals surface area contributed by atoms with Crippen molar-refractivity contribution >= 4 is 28.1 Å². The molecule has 2 aromatic rings. The van der Waals surface area contributed by atoms with Crippen LogP contribution in [-0.2, 0) is 0 Å². The minimum absolute atomic E-state index is 0.0775. The zero-order chi connectivity index (χ0) is 13.7. The topological polar surface area (TPSA) is 74.6 Å². The first-order valence-corrected chi connectivity index (χ1v) is 6.18. The fourth-order valence-corrected chi connectivity index (χ4v) is 1.70. The molecule has 0 aliphatic rings. The van der Waals surface area contributed by atoms with E-state index in [1.807, 2.05) is 0 Å². The molecule has 0 saturated carbocycles. The summed E-state index contributed by atoms with van der Waals surface area (Å²) in [5, 5.41) is 13.4.